The first-order valence-corrected chi connectivity index (χ1v) is 6.44. The summed E-state index contributed by atoms with van der Waals surface area (Å²) in [6.45, 7) is 1.58. The zero-order valence-electron chi connectivity index (χ0n) is 11.3. The maximum absolute atomic E-state index is 13.2. The molecule has 0 unspecified atom stereocenters. The highest BCUT2D eigenvalue weighted by Gasteiger charge is 2.65. The van der Waals surface area contributed by atoms with Gasteiger partial charge in [-0.3, -0.25) is 4.79 Å². The van der Waals surface area contributed by atoms with E-state index in [1.165, 1.54) is 0 Å². The van der Waals surface area contributed by atoms with Crippen LogP contribution in [-0.2, 0) is 11.3 Å². The molecule has 0 heterocycles. The Morgan fingerprint density at radius 2 is 1.67 bits per heavy atom. The van der Waals surface area contributed by atoms with Crippen LogP contribution in [0.4, 0.5) is 22.0 Å². The molecule has 1 saturated carbocycles. The second kappa shape index (κ2) is 5.27. The molecule has 1 aromatic carbocycles. The molecule has 2 rings (SSSR count). The molecule has 2 nitrogen and oxygen atoms in total. The molecule has 1 amide bonds. The highest BCUT2D eigenvalue weighted by atomic mass is 19.4. The lowest BCUT2D eigenvalue weighted by Gasteiger charge is -2.28. The van der Waals surface area contributed by atoms with E-state index >= 15 is 0 Å². The Balaban J connectivity index is 2.19. The lowest BCUT2D eigenvalue weighted by molar-refractivity contribution is -0.275. The summed E-state index contributed by atoms with van der Waals surface area (Å²) in [6, 6.07) is 6.12. The quantitative estimate of drug-likeness (QED) is 0.777. The Bertz CT molecular complexity index is 519. The molecular weight excluding hydrogens is 293 g/mol. The molecule has 7 heteroatoms. The van der Waals surface area contributed by atoms with Crippen LogP contribution in [0.1, 0.15) is 24.0 Å². The number of aryl methyl sites for hydroxylation is 1. The van der Waals surface area contributed by atoms with Crippen molar-refractivity contribution in [1.29, 1.82) is 0 Å². The van der Waals surface area contributed by atoms with Crippen LogP contribution >= 0.6 is 0 Å². The first-order chi connectivity index (χ1) is 9.63. The van der Waals surface area contributed by atoms with Gasteiger partial charge in [0.25, 0.3) is 0 Å². The molecule has 0 N–H and O–H groups in total. The minimum atomic E-state index is -5.87. The normalized spacial score (nSPS) is 15.9. The van der Waals surface area contributed by atoms with Gasteiger partial charge < -0.3 is 4.90 Å². The van der Waals surface area contributed by atoms with Gasteiger partial charge in [-0.15, -0.1) is 0 Å². The van der Waals surface area contributed by atoms with Crippen molar-refractivity contribution in [1.82, 2.24) is 4.90 Å². The van der Waals surface area contributed by atoms with Gasteiger partial charge in [0.05, 0.1) is 0 Å². The molecule has 0 spiro atoms. The predicted molar refractivity (Wildman–Crippen MR) is 65.8 cm³/mol. The van der Waals surface area contributed by atoms with Gasteiger partial charge in [-0.05, 0) is 25.3 Å². The second-order valence-corrected chi connectivity index (χ2v) is 5.22. The van der Waals surface area contributed by atoms with Crippen LogP contribution in [0, 0.1) is 6.92 Å². The summed E-state index contributed by atoms with van der Waals surface area (Å²) < 4.78 is 63.4. The summed E-state index contributed by atoms with van der Waals surface area (Å²) in [4.78, 5) is 12.3. The molecular formula is C14H14F5NO. The number of hydrogen-bond donors (Lipinski definition) is 0. The van der Waals surface area contributed by atoms with Crippen molar-refractivity contribution in [3.63, 3.8) is 0 Å². The van der Waals surface area contributed by atoms with Gasteiger partial charge in [0.2, 0.25) is 0 Å². The smallest absolute Gasteiger partial charge is 0.330 e. The van der Waals surface area contributed by atoms with Crippen LogP contribution in [-0.4, -0.2) is 28.9 Å². The van der Waals surface area contributed by atoms with Gasteiger partial charge in [-0.2, -0.15) is 22.0 Å². The molecule has 1 aliphatic rings. The van der Waals surface area contributed by atoms with Crippen LogP contribution < -0.4 is 0 Å². The van der Waals surface area contributed by atoms with Gasteiger partial charge in [0, 0.05) is 12.6 Å². The summed E-state index contributed by atoms with van der Waals surface area (Å²) in [5.74, 6) is -7.52. The first-order valence-electron chi connectivity index (χ1n) is 6.44. The monoisotopic (exact) mass is 307 g/mol. The Morgan fingerprint density at radius 1 is 1.14 bits per heavy atom. The van der Waals surface area contributed by atoms with Gasteiger partial charge in [0.15, 0.2) is 0 Å². The third kappa shape index (κ3) is 3.33. The topological polar surface area (TPSA) is 20.3 Å². The van der Waals surface area contributed by atoms with Crippen molar-refractivity contribution in [2.45, 2.75) is 44.5 Å². The highest BCUT2D eigenvalue weighted by Crippen LogP contribution is 2.40. The number of rotatable bonds is 4. The third-order valence-electron chi connectivity index (χ3n) is 3.35. The fraction of sp³-hybridized carbons (Fsp3) is 0.500. The summed E-state index contributed by atoms with van der Waals surface area (Å²) in [7, 11) is 0. The minimum absolute atomic E-state index is 0.241. The lowest BCUT2D eigenvalue weighted by Crippen LogP contribution is -2.52. The Labute approximate surface area is 118 Å². The van der Waals surface area contributed by atoms with Gasteiger partial charge in [-0.1, -0.05) is 29.8 Å². The fourth-order valence-corrected chi connectivity index (χ4v) is 1.94. The number of halogens is 5. The van der Waals surface area contributed by atoms with E-state index in [-0.39, 0.29) is 6.54 Å². The van der Waals surface area contributed by atoms with E-state index < -0.39 is 24.0 Å². The van der Waals surface area contributed by atoms with E-state index in [0.717, 1.165) is 5.56 Å². The maximum Gasteiger partial charge on any atom is 0.463 e. The van der Waals surface area contributed by atoms with Gasteiger partial charge in [-0.25, -0.2) is 0 Å². The van der Waals surface area contributed by atoms with Gasteiger partial charge >= 0.3 is 18.0 Å². The van der Waals surface area contributed by atoms with Crippen molar-refractivity contribution in [2.24, 2.45) is 0 Å². The Hall–Kier alpha value is -1.66. The molecule has 21 heavy (non-hydrogen) atoms. The number of alkyl halides is 5. The molecule has 116 valence electrons. The highest BCUT2D eigenvalue weighted by molar-refractivity contribution is 5.85. The third-order valence-corrected chi connectivity index (χ3v) is 3.35. The average Bonchev–Trinajstić information content (AvgIpc) is 3.20. The average molecular weight is 307 g/mol. The fourth-order valence-electron chi connectivity index (χ4n) is 1.94. The van der Waals surface area contributed by atoms with E-state index in [1.54, 1.807) is 24.3 Å². The number of carbonyl (C=O) groups is 1. The first kappa shape index (κ1) is 15.7. The van der Waals surface area contributed by atoms with Crippen LogP contribution in [0.25, 0.3) is 0 Å². The molecule has 0 aromatic heterocycles. The lowest BCUT2D eigenvalue weighted by atomic mass is 10.1. The van der Waals surface area contributed by atoms with Crippen LogP contribution in [0.2, 0.25) is 0 Å². The summed E-state index contributed by atoms with van der Waals surface area (Å²) in [6.07, 6.45) is -4.97. The van der Waals surface area contributed by atoms with E-state index in [2.05, 4.69) is 0 Å². The molecule has 0 aliphatic heterocycles. The number of benzene rings is 1. The molecule has 0 radical (unpaired) electrons. The summed E-state index contributed by atoms with van der Waals surface area (Å²) in [5, 5.41) is 0. The van der Waals surface area contributed by atoms with Crippen molar-refractivity contribution in [3.8, 4) is 0 Å². The zero-order chi connectivity index (χ0) is 15.8. The van der Waals surface area contributed by atoms with Crippen molar-refractivity contribution in [3.05, 3.63) is 35.4 Å². The van der Waals surface area contributed by atoms with E-state index in [9.17, 15) is 26.7 Å². The summed E-state index contributed by atoms with van der Waals surface area (Å²) >= 11 is 0. The van der Waals surface area contributed by atoms with Crippen LogP contribution in [0.5, 0.6) is 0 Å². The largest absolute Gasteiger partial charge is 0.463 e. The van der Waals surface area contributed by atoms with Gasteiger partial charge in [0.1, 0.15) is 0 Å². The van der Waals surface area contributed by atoms with E-state index in [4.69, 9.17) is 0 Å². The molecule has 0 atom stereocenters. The summed E-state index contributed by atoms with van der Waals surface area (Å²) in [5.41, 5.74) is 1.46. The number of amides is 1. The van der Waals surface area contributed by atoms with E-state index in [0.29, 0.717) is 23.3 Å². The molecule has 1 fully saturated rings. The molecule has 1 aliphatic carbocycles. The molecule has 1 aromatic rings. The minimum Gasteiger partial charge on any atom is -0.330 e. The second-order valence-electron chi connectivity index (χ2n) is 5.22. The molecule has 0 bridgehead atoms. The number of hydrogen-bond acceptors (Lipinski definition) is 1. The van der Waals surface area contributed by atoms with Crippen molar-refractivity contribution >= 4 is 5.91 Å². The zero-order valence-corrected chi connectivity index (χ0v) is 11.3. The Kier molecular flexibility index (Phi) is 3.95. The van der Waals surface area contributed by atoms with Crippen molar-refractivity contribution < 1.29 is 26.7 Å². The standard InChI is InChI=1S/C14H14F5NO/c1-9-2-4-10(5-3-9)8-20(11-6-7-11)12(21)13(15,16)14(17,18)19/h2-5,11H,6-8H2,1H3. The van der Waals surface area contributed by atoms with Crippen LogP contribution in [0.3, 0.4) is 0 Å². The number of carbonyl (C=O) groups excluding carboxylic acids is 1. The number of nitrogens with zero attached hydrogens (tertiary/aromatic N) is 1. The SMILES string of the molecule is Cc1ccc(CN(C(=O)C(F)(F)C(F)(F)F)C2CC2)cc1. The Morgan fingerprint density at radius 3 is 2.10 bits per heavy atom. The van der Waals surface area contributed by atoms with E-state index in [1.807, 2.05) is 6.92 Å². The molecule has 0 saturated heterocycles. The maximum atomic E-state index is 13.2. The van der Waals surface area contributed by atoms with Crippen LogP contribution in [0.15, 0.2) is 24.3 Å². The van der Waals surface area contributed by atoms with Crippen molar-refractivity contribution in [2.75, 3.05) is 0 Å². The predicted octanol–water partition coefficient (Wildman–Crippen LogP) is 3.68.